The van der Waals surface area contributed by atoms with Crippen LogP contribution in [0.25, 0.3) is 0 Å². The molecule has 0 spiro atoms. The van der Waals surface area contributed by atoms with Crippen LogP contribution in [-0.2, 0) is 9.59 Å². The van der Waals surface area contributed by atoms with Gasteiger partial charge >= 0.3 is 0 Å². The number of anilines is 2. The molecule has 0 aromatic heterocycles. The van der Waals surface area contributed by atoms with Crippen LogP contribution in [0.1, 0.15) is 12.0 Å². The van der Waals surface area contributed by atoms with Crippen LogP contribution >= 0.6 is 11.6 Å². The molecule has 2 N–H and O–H groups in total. The predicted octanol–water partition coefficient (Wildman–Crippen LogP) is 3.76. The molecule has 2 amide bonds. The molecular weight excluding hydrogens is 335 g/mol. The van der Waals surface area contributed by atoms with Gasteiger partial charge in [0.2, 0.25) is 11.8 Å². The van der Waals surface area contributed by atoms with Crippen LogP contribution in [0.2, 0.25) is 5.02 Å². The lowest BCUT2D eigenvalue weighted by Gasteiger charge is -2.12. The molecular formula is C17H16ClFN2O3. The number of nitrogens with one attached hydrogen (secondary N) is 2. The van der Waals surface area contributed by atoms with E-state index in [0.717, 1.165) is 5.56 Å². The van der Waals surface area contributed by atoms with E-state index in [4.69, 9.17) is 16.3 Å². The number of ether oxygens (including phenoxy) is 1. The molecule has 0 aliphatic heterocycles. The Balaban J connectivity index is 2.02. The molecule has 126 valence electrons. The minimum atomic E-state index is -0.623. The molecule has 0 radical (unpaired) electrons. The first kappa shape index (κ1) is 17.7. The normalized spacial score (nSPS) is 10.2. The van der Waals surface area contributed by atoms with Gasteiger partial charge in [0, 0.05) is 11.1 Å². The van der Waals surface area contributed by atoms with Crippen molar-refractivity contribution in [2.45, 2.75) is 13.3 Å². The predicted molar refractivity (Wildman–Crippen MR) is 91.0 cm³/mol. The lowest BCUT2D eigenvalue weighted by atomic mass is 10.2. The Morgan fingerprint density at radius 3 is 2.38 bits per heavy atom. The first-order valence-corrected chi connectivity index (χ1v) is 7.47. The number of hydrogen-bond acceptors (Lipinski definition) is 3. The highest BCUT2D eigenvalue weighted by Gasteiger charge is 2.14. The third-order valence-electron chi connectivity index (χ3n) is 3.22. The molecule has 0 fully saturated rings. The first-order chi connectivity index (χ1) is 11.4. The summed E-state index contributed by atoms with van der Waals surface area (Å²) < 4.78 is 18.6. The van der Waals surface area contributed by atoms with Crippen LogP contribution in [0.4, 0.5) is 15.8 Å². The van der Waals surface area contributed by atoms with E-state index in [9.17, 15) is 14.0 Å². The van der Waals surface area contributed by atoms with Crippen molar-refractivity contribution in [3.8, 4) is 5.75 Å². The van der Waals surface area contributed by atoms with Gasteiger partial charge in [-0.05, 0) is 30.7 Å². The Morgan fingerprint density at radius 2 is 1.75 bits per heavy atom. The molecule has 0 saturated carbocycles. The van der Waals surface area contributed by atoms with Crippen LogP contribution in [0.15, 0.2) is 36.4 Å². The smallest absolute Gasteiger partial charge is 0.233 e. The minimum absolute atomic E-state index is 0.0233. The molecule has 2 aromatic carbocycles. The number of carbonyl (C=O) groups excluding carboxylic acids is 2. The third-order valence-corrected chi connectivity index (χ3v) is 3.63. The van der Waals surface area contributed by atoms with Crippen LogP contribution < -0.4 is 15.4 Å². The van der Waals surface area contributed by atoms with Crippen molar-refractivity contribution in [1.82, 2.24) is 0 Å². The standard InChI is InChI=1S/C17H16ClFN2O3/c1-10-7-14(15(24-2)8-11(10)18)21-17(23)9-16(22)20-13-6-4-3-5-12(13)19/h3-8H,9H2,1-2H3,(H,20,22)(H,21,23). The maximum absolute atomic E-state index is 13.5. The van der Waals surface area contributed by atoms with Crippen molar-refractivity contribution < 1.29 is 18.7 Å². The fourth-order valence-electron chi connectivity index (χ4n) is 2.03. The fourth-order valence-corrected chi connectivity index (χ4v) is 2.18. The molecule has 0 aliphatic carbocycles. The van der Waals surface area contributed by atoms with Crippen LogP contribution in [0.3, 0.4) is 0 Å². The van der Waals surface area contributed by atoms with E-state index in [1.807, 2.05) is 0 Å². The van der Waals surface area contributed by atoms with Crippen molar-refractivity contribution in [3.05, 3.63) is 52.8 Å². The summed E-state index contributed by atoms with van der Waals surface area (Å²) in [6.07, 6.45) is -0.459. The molecule has 5 nitrogen and oxygen atoms in total. The topological polar surface area (TPSA) is 67.4 Å². The van der Waals surface area contributed by atoms with E-state index in [1.165, 1.54) is 25.3 Å². The quantitative estimate of drug-likeness (QED) is 0.807. The monoisotopic (exact) mass is 350 g/mol. The molecule has 2 rings (SSSR count). The van der Waals surface area contributed by atoms with Gasteiger partial charge in [-0.1, -0.05) is 23.7 Å². The summed E-state index contributed by atoms with van der Waals surface area (Å²) in [7, 11) is 1.45. The van der Waals surface area contributed by atoms with E-state index < -0.39 is 24.1 Å². The fraction of sp³-hybridized carbons (Fsp3) is 0.176. The van der Waals surface area contributed by atoms with E-state index >= 15 is 0 Å². The average Bonchev–Trinajstić information content (AvgIpc) is 2.52. The lowest BCUT2D eigenvalue weighted by molar-refractivity contribution is -0.123. The zero-order valence-corrected chi connectivity index (χ0v) is 13.9. The summed E-state index contributed by atoms with van der Waals surface area (Å²) >= 11 is 6.00. The molecule has 0 unspecified atom stereocenters. The Labute approximate surface area is 143 Å². The van der Waals surface area contributed by atoms with Crippen molar-refractivity contribution in [2.24, 2.45) is 0 Å². The number of carbonyl (C=O) groups is 2. The average molecular weight is 351 g/mol. The number of para-hydroxylation sites is 1. The summed E-state index contributed by atoms with van der Waals surface area (Å²) in [5.41, 5.74) is 1.18. The second-order valence-corrected chi connectivity index (χ2v) is 5.46. The van der Waals surface area contributed by atoms with E-state index in [1.54, 1.807) is 25.1 Å². The number of benzene rings is 2. The highest BCUT2D eigenvalue weighted by molar-refractivity contribution is 6.31. The van der Waals surface area contributed by atoms with Crippen LogP contribution in [0, 0.1) is 12.7 Å². The van der Waals surface area contributed by atoms with Gasteiger partial charge in [0.15, 0.2) is 0 Å². The van der Waals surface area contributed by atoms with Gasteiger partial charge in [-0.2, -0.15) is 0 Å². The van der Waals surface area contributed by atoms with Gasteiger partial charge in [-0.25, -0.2) is 4.39 Å². The summed E-state index contributed by atoms with van der Waals surface area (Å²) in [4.78, 5) is 23.9. The molecule has 7 heteroatoms. The maximum Gasteiger partial charge on any atom is 0.233 e. The van der Waals surface area contributed by atoms with Crippen molar-refractivity contribution >= 4 is 34.8 Å². The highest BCUT2D eigenvalue weighted by atomic mass is 35.5. The summed E-state index contributed by atoms with van der Waals surface area (Å²) in [5.74, 6) is -1.36. The van der Waals surface area contributed by atoms with Crippen molar-refractivity contribution in [2.75, 3.05) is 17.7 Å². The van der Waals surface area contributed by atoms with E-state index in [2.05, 4.69) is 10.6 Å². The Kier molecular flexibility index (Phi) is 5.76. The Morgan fingerprint density at radius 1 is 1.12 bits per heavy atom. The molecule has 0 saturated heterocycles. The number of amides is 2. The maximum atomic E-state index is 13.5. The number of hydrogen-bond donors (Lipinski definition) is 2. The van der Waals surface area contributed by atoms with Gasteiger partial charge in [-0.15, -0.1) is 0 Å². The van der Waals surface area contributed by atoms with E-state index in [-0.39, 0.29) is 5.69 Å². The summed E-state index contributed by atoms with van der Waals surface area (Å²) in [6.45, 7) is 1.78. The second-order valence-electron chi connectivity index (χ2n) is 5.05. The Hall–Kier alpha value is -2.60. The second kappa shape index (κ2) is 7.79. The molecule has 0 heterocycles. The van der Waals surface area contributed by atoms with Crippen molar-refractivity contribution in [3.63, 3.8) is 0 Å². The zero-order valence-electron chi connectivity index (χ0n) is 13.2. The van der Waals surface area contributed by atoms with Gasteiger partial charge in [-0.3, -0.25) is 9.59 Å². The number of halogens is 2. The van der Waals surface area contributed by atoms with Gasteiger partial charge in [0.05, 0.1) is 18.5 Å². The number of aryl methyl sites for hydroxylation is 1. The zero-order chi connectivity index (χ0) is 17.7. The van der Waals surface area contributed by atoms with Crippen molar-refractivity contribution in [1.29, 1.82) is 0 Å². The molecule has 0 atom stereocenters. The van der Waals surface area contributed by atoms with Gasteiger partial charge < -0.3 is 15.4 Å². The molecule has 24 heavy (non-hydrogen) atoms. The number of methoxy groups -OCH3 is 1. The van der Waals surface area contributed by atoms with E-state index in [0.29, 0.717) is 16.5 Å². The minimum Gasteiger partial charge on any atom is -0.495 e. The first-order valence-electron chi connectivity index (χ1n) is 7.09. The lowest BCUT2D eigenvalue weighted by Crippen LogP contribution is -2.22. The van der Waals surface area contributed by atoms with Gasteiger partial charge in [0.25, 0.3) is 0 Å². The molecule has 0 bridgehead atoms. The third kappa shape index (κ3) is 4.45. The molecule has 0 aliphatic rings. The largest absolute Gasteiger partial charge is 0.495 e. The number of rotatable bonds is 5. The highest BCUT2D eigenvalue weighted by Crippen LogP contribution is 2.31. The SMILES string of the molecule is COc1cc(Cl)c(C)cc1NC(=O)CC(=O)Nc1ccccc1F. The Bertz CT molecular complexity index is 780. The van der Waals surface area contributed by atoms with Crippen LogP contribution in [-0.4, -0.2) is 18.9 Å². The van der Waals surface area contributed by atoms with Crippen LogP contribution in [0.5, 0.6) is 5.75 Å². The summed E-state index contributed by atoms with van der Waals surface area (Å²) in [5, 5.41) is 5.43. The van der Waals surface area contributed by atoms with Gasteiger partial charge in [0.1, 0.15) is 18.0 Å². The molecule has 2 aromatic rings. The summed E-state index contributed by atoms with van der Waals surface area (Å²) in [6, 6.07) is 8.94.